The molecule has 0 heterocycles. The SMILES string of the molecule is CC(C)C(C)(CN)NS(=O)(=O)CC(C)(C)C. The summed E-state index contributed by atoms with van der Waals surface area (Å²) < 4.78 is 26.6. The van der Waals surface area contributed by atoms with Crippen LogP contribution in [0.3, 0.4) is 0 Å². The first-order chi connectivity index (χ1) is 6.92. The number of sulfonamides is 1. The zero-order chi connectivity index (χ0) is 13.2. The molecule has 0 aromatic carbocycles. The Morgan fingerprint density at radius 2 is 1.62 bits per heavy atom. The predicted octanol–water partition coefficient (Wildman–Crippen LogP) is 1.33. The van der Waals surface area contributed by atoms with Crippen molar-refractivity contribution in [1.82, 2.24) is 4.72 Å². The lowest BCUT2D eigenvalue weighted by Crippen LogP contribution is -2.56. The molecule has 5 heteroatoms. The maximum atomic E-state index is 12.0. The zero-order valence-electron chi connectivity index (χ0n) is 11.3. The van der Waals surface area contributed by atoms with Crippen LogP contribution in [0.25, 0.3) is 0 Å². The standard InChI is InChI=1S/C11H26N2O2S/c1-9(2)11(6,7-12)13-16(14,15)8-10(3,4)5/h9,13H,7-8,12H2,1-6H3. The summed E-state index contributed by atoms with van der Waals surface area (Å²) in [6, 6.07) is 0. The summed E-state index contributed by atoms with van der Waals surface area (Å²) in [5.74, 6) is 0.273. The molecule has 16 heavy (non-hydrogen) atoms. The summed E-state index contributed by atoms with van der Waals surface area (Å²) in [4.78, 5) is 0. The van der Waals surface area contributed by atoms with E-state index in [1.165, 1.54) is 0 Å². The van der Waals surface area contributed by atoms with Gasteiger partial charge in [0.2, 0.25) is 10.0 Å². The summed E-state index contributed by atoms with van der Waals surface area (Å²) in [7, 11) is -3.28. The second kappa shape index (κ2) is 5.02. The van der Waals surface area contributed by atoms with Gasteiger partial charge >= 0.3 is 0 Å². The van der Waals surface area contributed by atoms with Gasteiger partial charge in [0, 0.05) is 12.1 Å². The summed E-state index contributed by atoms with van der Waals surface area (Å²) in [5.41, 5.74) is 4.83. The summed E-state index contributed by atoms with van der Waals surface area (Å²) in [5, 5.41) is 0. The molecule has 1 atom stereocenters. The van der Waals surface area contributed by atoms with Crippen molar-refractivity contribution >= 4 is 10.0 Å². The van der Waals surface area contributed by atoms with Crippen LogP contribution < -0.4 is 10.5 Å². The molecule has 0 aliphatic carbocycles. The third-order valence-electron chi connectivity index (χ3n) is 2.71. The van der Waals surface area contributed by atoms with Crippen molar-refractivity contribution in [2.45, 2.75) is 47.1 Å². The van der Waals surface area contributed by atoms with Gasteiger partial charge in [-0.2, -0.15) is 0 Å². The normalized spacial score (nSPS) is 17.5. The van der Waals surface area contributed by atoms with Gasteiger partial charge in [-0.1, -0.05) is 34.6 Å². The minimum atomic E-state index is -3.28. The smallest absolute Gasteiger partial charge is 0.212 e. The number of hydrogen-bond donors (Lipinski definition) is 2. The Hall–Kier alpha value is -0.130. The van der Waals surface area contributed by atoms with Crippen molar-refractivity contribution in [3.63, 3.8) is 0 Å². The van der Waals surface area contributed by atoms with Gasteiger partial charge in [-0.05, 0) is 18.3 Å². The van der Waals surface area contributed by atoms with Gasteiger partial charge < -0.3 is 5.73 Å². The molecule has 0 radical (unpaired) electrons. The van der Waals surface area contributed by atoms with Crippen molar-refractivity contribution in [1.29, 1.82) is 0 Å². The lowest BCUT2D eigenvalue weighted by atomic mass is 9.90. The highest BCUT2D eigenvalue weighted by Crippen LogP contribution is 2.20. The van der Waals surface area contributed by atoms with Crippen LogP contribution in [0, 0.1) is 11.3 Å². The fourth-order valence-electron chi connectivity index (χ4n) is 1.36. The Morgan fingerprint density at radius 3 is 1.88 bits per heavy atom. The molecule has 0 bridgehead atoms. The van der Waals surface area contributed by atoms with Gasteiger partial charge in [-0.25, -0.2) is 13.1 Å². The second-order valence-corrected chi connectivity index (χ2v) is 7.92. The Labute approximate surface area is 100 Å². The van der Waals surface area contributed by atoms with Gasteiger partial charge in [0.1, 0.15) is 0 Å². The lowest BCUT2D eigenvalue weighted by Gasteiger charge is -2.34. The molecular weight excluding hydrogens is 224 g/mol. The minimum absolute atomic E-state index is 0.113. The maximum absolute atomic E-state index is 12.0. The quantitative estimate of drug-likeness (QED) is 0.773. The van der Waals surface area contributed by atoms with E-state index in [2.05, 4.69) is 4.72 Å². The summed E-state index contributed by atoms with van der Waals surface area (Å²) >= 11 is 0. The van der Waals surface area contributed by atoms with Crippen LogP contribution in [0.5, 0.6) is 0 Å². The number of hydrogen-bond acceptors (Lipinski definition) is 3. The van der Waals surface area contributed by atoms with Crippen molar-refractivity contribution in [2.75, 3.05) is 12.3 Å². The molecule has 0 spiro atoms. The fraction of sp³-hybridized carbons (Fsp3) is 1.00. The minimum Gasteiger partial charge on any atom is -0.329 e. The van der Waals surface area contributed by atoms with E-state index in [0.717, 1.165) is 0 Å². The highest BCUT2D eigenvalue weighted by Gasteiger charge is 2.33. The van der Waals surface area contributed by atoms with E-state index >= 15 is 0 Å². The number of rotatable bonds is 5. The molecule has 0 saturated heterocycles. The van der Waals surface area contributed by atoms with Crippen LogP contribution in [0.4, 0.5) is 0 Å². The third kappa shape index (κ3) is 5.27. The van der Waals surface area contributed by atoms with Crippen LogP contribution in [-0.2, 0) is 10.0 Å². The van der Waals surface area contributed by atoms with Crippen LogP contribution in [0.15, 0.2) is 0 Å². The molecule has 0 saturated carbocycles. The predicted molar refractivity (Wildman–Crippen MR) is 68.7 cm³/mol. The molecule has 1 unspecified atom stereocenters. The first-order valence-corrected chi connectivity index (χ1v) is 7.29. The first kappa shape index (κ1) is 15.9. The van der Waals surface area contributed by atoms with Gasteiger partial charge in [0.15, 0.2) is 0 Å². The van der Waals surface area contributed by atoms with Crippen LogP contribution in [0.1, 0.15) is 41.5 Å². The molecular formula is C11H26N2O2S. The summed E-state index contributed by atoms with van der Waals surface area (Å²) in [6.07, 6.45) is 0. The van der Waals surface area contributed by atoms with E-state index in [4.69, 9.17) is 5.73 Å². The molecule has 0 aromatic heterocycles. The van der Waals surface area contributed by atoms with E-state index < -0.39 is 15.6 Å². The Kier molecular flexibility index (Phi) is 4.98. The topological polar surface area (TPSA) is 72.2 Å². The molecule has 0 rings (SSSR count). The fourth-order valence-corrected chi connectivity index (χ4v) is 3.60. The molecule has 0 fully saturated rings. The maximum Gasteiger partial charge on any atom is 0.212 e. The molecule has 0 aliphatic heterocycles. The van der Waals surface area contributed by atoms with Crippen LogP contribution >= 0.6 is 0 Å². The van der Waals surface area contributed by atoms with E-state index in [-0.39, 0.29) is 17.1 Å². The van der Waals surface area contributed by atoms with Gasteiger partial charge in [-0.15, -0.1) is 0 Å². The van der Waals surface area contributed by atoms with Crippen LogP contribution in [-0.4, -0.2) is 26.3 Å². The zero-order valence-corrected chi connectivity index (χ0v) is 12.1. The highest BCUT2D eigenvalue weighted by molar-refractivity contribution is 7.89. The van der Waals surface area contributed by atoms with Gasteiger partial charge in [-0.3, -0.25) is 0 Å². The van der Waals surface area contributed by atoms with Crippen molar-refractivity contribution < 1.29 is 8.42 Å². The molecule has 0 amide bonds. The third-order valence-corrected chi connectivity index (χ3v) is 4.73. The molecule has 98 valence electrons. The largest absolute Gasteiger partial charge is 0.329 e. The molecule has 4 nitrogen and oxygen atoms in total. The van der Waals surface area contributed by atoms with Gasteiger partial charge in [0.05, 0.1) is 5.75 Å². The van der Waals surface area contributed by atoms with Crippen molar-refractivity contribution in [3.8, 4) is 0 Å². The van der Waals surface area contributed by atoms with E-state index in [1.807, 2.05) is 41.5 Å². The second-order valence-electron chi connectivity index (χ2n) is 6.20. The Balaban J connectivity index is 4.83. The van der Waals surface area contributed by atoms with Gasteiger partial charge in [0.25, 0.3) is 0 Å². The summed E-state index contributed by atoms with van der Waals surface area (Å²) in [6.45, 7) is 11.8. The average molecular weight is 250 g/mol. The number of nitrogens with one attached hydrogen (secondary N) is 1. The number of nitrogens with two attached hydrogens (primary N) is 1. The monoisotopic (exact) mass is 250 g/mol. The van der Waals surface area contributed by atoms with Crippen molar-refractivity contribution in [2.24, 2.45) is 17.1 Å². The Bertz CT molecular complexity index is 317. The molecule has 0 aliphatic rings. The van der Waals surface area contributed by atoms with E-state index in [1.54, 1.807) is 0 Å². The van der Waals surface area contributed by atoms with Crippen molar-refractivity contribution in [3.05, 3.63) is 0 Å². The lowest BCUT2D eigenvalue weighted by molar-refractivity contribution is 0.312. The van der Waals surface area contributed by atoms with Crippen LogP contribution in [0.2, 0.25) is 0 Å². The first-order valence-electron chi connectivity index (χ1n) is 5.63. The molecule has 0 aromatic rings. The highest BCUT2D eigenvalue weighted by atomic mass is 32.2. The van der Waals surface area contributed by atoms with E-state index in [9.17, 15) is 8.42 Å². The average Bonchev–Trinajstić information content (AvgIpc) is 1.97. The van der Waals surface area contributed by atoms with E-state index in [0.29, 0.717) is 6.54 Å². The Morgan fingerprint density at radius 1 is 1.19 bits per heavy atom. The molecule has 3 N–H and O–H groups in total.